The monoisotopic (exact) mass is 310 g/mol. The average molecular weight is 310 g/mol. The van der Waals surface area contributed by atoms with Gasteiger partial charge in [-0.3, -0.25) is 14.3 Å². The predicted molar refractivity (Wildman–Crippen MR) is 73.3 cm³/mol. The van der Waals surface area contributed by atoms with Crippen LogP contribution in [0.4, 0.5) is 0 Å². The lowest BCUT2D eigenvalue weighted by molar-refractivity contribution is -0.216. The van der Waals surface area contributed by atoms with Crippen molar-refractivity contribution in [3.8, 4) is 0 Å². The van der Waals surface area contributed by atoms with Crippen molar-refractivity contribution in [3.63, 3.8) is 0 Å². The molecule has 22 heavy (non-hydrogen) atoms. The molecule has 120 valence electrons. The van der Waals surface area contributed by atoms with Crippen LogP contribution in [0.2, 0.25) is 0 Å². The van der Waals surface area contributed by atoms with E-state index in [1.807, 2.05) is 0 Å². The third kappa shape index (κ3) is 2.06. The zero-order valence-corrected chi connectivity index (χ0v) is 11.9. The molecule has 4 atom stereocenters. The van der Waals surface area contributed by atoms with Gasteiger partial charge in [0.05, 0.1) is 6.61 Å². The van der Waals surface area contributed by atoms with E-state index < -0.39 is 41.6 Å². The summed E-state index contributed by atoms with van der Waals surface area (Å²) in [5.74, 6) is -0.615. The molecule has 1 aromatic heterocycles. The Kier molecular flexibility index (Phi) is 3.23. The standard InChI is InChI=1S/C14H18N2O6/c17-7-8-10-11(22-14(21-10)4-1-2-5-14)12(20-8)16-6-3-9(18)15-13(16)19/h3,6,8,10-12,17H,1-2,4-5,7H2,(H,15,18,19)/t8-,10-,11-,12+/m1/s1. The van der Waals surface area contributed by atoms with Crippen LogP contribution in [0.15, 0.2) is 21.9 Å². The lowest BCUT2D eigenvalue weighted by Crippen LogP contribution is -2.37. The summed E-state index contributed by atoms with van der Waals surface area (Å²) >= 11 is 0. The molecule has 3 aliphatic rings. The van der Waals surface area contributed by atoms with Crippen LogP contribution in [0.25, 0.3) is 0 Å². The second kappa shape index (κ2) is 5.02. The Morgan fingerprint density at radius 2 is 2.00 bits per heavy atom. The lowest BCUT2D eigenvalue weighted by Gasteiger charge is -2.27. The molecule has 0 amide bonds. The van der Waals surface area contributed by atoms with Gasteiger partial charge in [0.15, 0.2) is 12.0 Å². The van der Waals surface area contributed by atoms with Crippen molar-refractivity contribution in [3.05, 3.63) is 33.1 Å². The summed E-state index contributed by atoms with van der Waals surface area (Å²) in [5.41, 5.74) is -1.03. The molecule has 2 aliphatic heterocycles. The van der Waals surface area contributed by atoms with Crippen LogP contribution < -0.4 is 11.2 Å². The number of ether oxygens (including phenoxy) is 3. The quantitative estimate of drug-likeness (QED) is 0.762. The van der Waals surface area contributed by atoms with E-state index in [9.17, 15) is 14.7 Å². The summed E-state index contributed by atoms with van der Waals surface area (Å²) in [6.45, 7) is -0.213. The Bertz CT molecular complexity index is 676. The molecular weight excluding hydrogens is 292 g/mol. The predicted octanol–water partition coefficient (Wildman–Crippen LogP) is -0.519. The van der Waals surface area contributed by atoms with Gasteiger partial charge in [0.25, 0.3) is 5.56 Å². The maximum atomic E-state index is 12.0. The number of aliphatic hydroxyl groups is 1. The van der Waals surface area contributed by atoms with Gasteiger partial charge in [0.1, 0.15) is 18.3 Å². The zero-order valence-electron chi connectivity index (χ0n) is 11.9. The first-order chi connectivity index (χ1) is 10.6. The third-order valence-electron chi connectivity index (χ3n) is 4.66. The van der Waals surface area contributed by atoms with Gasteiger partial charge >= 0.3 is 5.69 Å². The summed E-state index contributed by atoms with van der Waals surface area (Å²) in [5, 5.41) is 9.52. The van der Waals surface area contributed by atoms with Crippen molar-refractivity contribution >= 4 is 0 Å². The maximum absolute atomic E-state index is 12.0. The topological polar surface area (TPSA) is 103 Å². The van der Waals surface area contributed by atoms with Gasteiger partial charge in [-0.1, -0.05) is 0 Å². The highest BCUT2D eigenvalue weighted by molar-refractivity contribution is 5.00. The molecule has 2 N–H and O–H groups in total. The van der Waals surface area contributed by atoms with E-state index in [1.165, 1.54) is 16.8 Å². The summed E-state index contributed by atoms with van der Waals surface area (Å²) in [6, 6.07) is 1.26. The van der Waals surface area contributed by atoms with Crippen LogP contribution in [-0.2, 0) is 14.2 Å². The molecule has 0 radical (unpaired) electrons. The Hall–Kier alpha value is -1.48. The number of hydrogen-bond acceptors (Lipinski definition) is 6. The highest BCUT2D eigenvalue weighted by Crippen LogP contribution is 2.48. The molecule has 2 saturated heterocycles. The highest BCUT2D eigenvalue weighted by Gasteiger charge is 2.59. The van der Waals surface area contributed by atoms with E-state index in [0.29, 0.717) is 0 Å². The molecule has 0 bridgehead atoms. The number of aliphatic hydroxyl groups excluding tert-OH is 1. The molecule has 8 nitrogen and oxygen atoms in total. The first-order valence-corrected chi connectivity index (χ1v) is 7.55. The molecule has 1 aliphatic carbocycles. The molecule has 4 rings (SSSR count). The largest absolute Gasteiger partial charge is 0.394 e. The lowest BCUT2D eigenvalue weighted by atomic mass is 10.1. The van der Waals surface area contributed by atoms with Crippen molar-refractivity contribution in [1.82, 2.24) is 9.55 Å². The number of aromatic nitrogens is 2. The summed E-state index contributed by atoms with van der Waals surface area (Å²) in [6.07, 6.45) is 2.93. The fraction of sp³-hybridized carbons (Fsp3) is 0.714. The minimum Gasteiger partial charge on any atom is -0.394 e. The van der Waals surface area contributed by atoms with Gasteiger partial charge < -0.3 is 19.3 Å². The number of H-pyrrole nitrogens is 1. The van der Waals surface area contributed by atoms with Crippen molar-refractivity contribution < 1.29 is 19.3 Å². The Balaban J connectivity index is 1.69. The molecule has 1 saturated carbocycles. The van der Waals surface area contributed by atoms with E-state index in [2.05, 4.69) is 4.98 Å². The molecule has 8 heteroatoms. The minimum atomic E-state index is -0.716. The van der Waals surface area contributed by atoms with Crippen molar-refractivity contribution in [1.29, 1.82) is 0 Å². The number of fused-ring (bicyclic) bond motifs is 1. The number of nitrogens with one attached hydrogen (secondary N) is 1. The fourth-order valence-corrected chi connectivity index (χ4v) is 3.65. The molecular formula is C14H18N2O6. The highest BCUT2D eigenvalue weighted by atomic mass is 16.8. The average Bonchev–Trinajstić information content (AvgIpc) is 3.16. The molecule has 3 fully saturated rings. The smallest absolute Gasteiger partial charge is 0.330 e. The Labute approximate surface area is 125 Å². The van der Waals surface area contributed by atoms with E-state index in [4.69, 9.17) is 14.2 Å². The van der Waals surface area contributed by atoms with Gasteiger partial charge in [-0.2, -0.15) is 0 Å². The first-order valence-electron chi connectivity index (χ1n) is 7.55. The molecule has 1 spiro atoms. The number of hydrogen-bond donors (Lipinski definition) is 2. The van der Waals surface area contributed by atoms with E-state index in [-0.39, 0.29) is 6.61 Å². The van der Waals surface area contributed by atoms with E-state index in [0.717, 1.165) is 25.7 Å². The molecule has 0 unspecified atom stereocenters. The third-order valence-corrected chi connectivity index (χ3v) is 4.66. The van der Waals surface area contributed by atoms with Crippen LogP contribution in [-0.4, -0.2) is 45.4 Å². The van der Waals surface area contributed by atoms with Crippen LogP contribution in [0.5, 0.6) is 0 Å². The normalized spacial score (nSPS) is 36.0. The number of nitrogens with zero attached hydrogens (tertiary/aromatic N) is 1. The SMILES string of the molecule is O=c1ccn([C@H]2O[C@H](CO)[C@H]3OC4(CCCC4)O[C@H]32)c(=O)[nH]1. The maximum Gasteiger partial charge on any atom is 0.330 e. The summed E-state index contributed by atoms with van der Waals surface area (Å²) in [7, 11) is 0. The number of aromatic amines is 1. The summed E-state index contributed by atoms with van der Waals surface area (Å²) < 4.78 is 19.2. The van der Waals surface area contributed by atoms with Gasteiger partial charge in [0.2, 0.25) is 0 Å². The number of rotatable bonds is 2. The molecule has 3 heterocycles. The Morgan fingerprint density at radius 1 is 1.27 bits per heavy atom. The second-order valence-corrected chi connectivity index (χ2v) is 6.05. The fourth-order valence-electron chi connectivity index (χ4n) is 3.65. The van der Waals surface area contributed by atoms with Crippen LogP contribution >= 0.6 is 0 Å². The van der Waals surface area contributed by atoms with Gasteiger partial charge in [-0.15, -0.1) is 0 Å². The van der Waals surface area contributed by atoms with Crippen LogP contribution in [0, 0.1) is 0 Å². The van der Waals surface area contributed by atoms with Gasteiger partial charge in [-0.25, -0.2) is 4.79 Å². The van der Waals surface area contributed by atoms with Crippen molar-refractivity contribution in [2.24, 2.45) is 0 Å². The van der Waals surface area contributed by atoms with Crippen molar-refractivity contribution in [2.45, 2.75) is 56.0 Å². The Morgan fingerprint density at radius 3 is 2.68 bits per heavy atom. The molecule has 1 aromatic rings. The zero-order chi connectivity index (χ0) is 15.3. The van der Waals surface area contributed by atoms with Gasteiger partial charge in [0, 0.05) is 25.1 Å². The summed E-state index contributed by atoms with van der Waals surface area (Å²) in [4.78, 5) is 25.4. The second-order valence-electron chi connectivity index (χ2n) is 6.05. The first kappa shape index (κ1) is 14.1. The van der Waals surface area contributed by atoms with Gasteiger partial charge in [-0.05, 0) is 12.8 Å². The van der Waals surface area contributed by atoms with Crippen molar-refractivity contribution in [2.75, 3.05) is 6.61 Å². The van der Waals surface area contributed by atoms with E-state index >= 15 is 0 Å². The minimum absolute atomic E-state index is 0.213. The van der Waals surface area contributed by atoms with Crippen LogP contribution in [0.3, 0.4) is 0 Å². The molecule has 0 aromatic carbocycles. The van der Waals surface area contributed by atoms with Crippen LogP contribution in [0.1, 0.15) is 31.9 Å². The van der Waals surface area contributed by atoms with E-state index in [1.54, 1.807) is 0 Å².